The van der Waals surface area contributed by atoms with Gasteiger partial charge in [-0.3, -0.25) is 0 Å². The van der Waals surface area contributed by atoms with Crippen LogP contribution in [0.15, 0.2) is 24.3 Å². The van der Waals surface area contributed by atoms with Crippen LogP contribution in [0.1, 0.15) is 51.0 Å². The van der Waals surface area contributed by atoms with Crippen molar-refractivity contribution in [2.24, 2.45) is 5.92 Å². The predicted molar refractivity (Wildman–Crippen MR) is 75.6 cm³/mol. The van der Waals surface area contributed by atoms with E-state index in [1.165, 1.54) is 44.1 Å². The van der Waals surface area contributed by atoms with E-state index in [0.717, 1.165) is 12.5 Å². The molecule has 2 heteroatoms. The van der Waals surface area contributed by atoms with Crippen LogP contribution in [0.2, 0.25) is 0 Å². The van der Waals surface area contributed by atoms with Crippen molar-refractivity contribution in [1.82, 2.24) is 5.32 Å². The maximum absolute atomic E-state index is 9.25. The van der Waals surface area contributed by atoms with Crippen LogP contribution in [0.25, 0.3) is 0 Å². The topological polar surface area (TPSA) is 32.3 Å². The average molecular weight is 247 g/mol. The lowest BCUT2D eigenvalue weighted by Crippen LogP contribution is -2.32. The first-order valence-electron chi connectivity index (χ1n) is 7.27. The summed E-state index contributed by atoms with van der Waals surface area (Å²) in [5.74, 6) is 1.18. The number of hydrogen-bond donors (Lipinski definition) is 2. The van der Waals surface area contributed by atoms with Gasteiger partial charge in [0.15, 0.2) is 0 Å². The van der Waals surface area contributed by atoms with Crippen LogP contribution in [0.5, 0.6) is 5.75 Å². The summed E-state index contributed by atoms with van der Waals surface area (Å²) in [6, 6.07) is 8.09. The molecule has 2 N–H and O–H groups in total. The van der Waals surface area contributed by atoms with Gasteiger partial charge in [0.25, 0.3) is 0 Å². The highest BCUT2D eigenvalue weighted by atomic mass is 16.3. The third-order valence-corrected chi connectivity index (χ3v) is 4.17. The summed E-state index contributed by atoms with van der Waals surface area (Å²) < 4.78 is 0. The van der Waals surface area contributed by atoms with Gasteiger partial charge in [-0.1, -0.05) is 37.8 Å². The molecule has 1 aliphatic rings. The second kappa shape index (κ2) is 6.79. The van der Waals surface area contributed by atoms with Crippen LogP contribution in [0.4, 0.5) is 0 Å². The normalized spacial score (nSPS) is 19.4. The van der Waals surface area contributed by atoms with Crippen molar-refractivity contribution in [3.05, 3.63) is 29.8 Å². The van der Waals surface area contributed by atoms with E-state index in [1.54, 1.807) is 12.1 Å². The Kier molecular flexibility index (Phi) is 5.06. The van der Waals surface area contributed by atoms with Crippen LogP contribution < -0.4 is 5.32 Å². The fourth-order valence-corrected chi connectivity index (χ4v) is 2.87. The number of rotatable bonds is 4. The zero-order chi connectivity index (χ0) is 12.8. The van der Waals surface area contributed by atoms with Crippen LogP contribution in [0, 0.1) is 5.92 Å². The molecule has 0 amide bonds. The summed E-state index contributed by atoms with van der Waals surface area (Å²) in [5.41, 5.74) is 1.24. The Hall–Kier alpha value is -1.02. The Bertz CT molecular complexity index is 339. The van der Waals surface area contributed by atoms with E-state index < -0.39 is 0 Å². The van der Waals surface area contributed by atoms with E-state index in [0.29, 0.717) is 11.8 Å². The maximum atomic E-state index is 9.25. The van der Waals surface area contributed by atoms with Gasteiger partial charge in [0.2, 0.25) is 0 Å². The molecule has 1 saturated carbocycles. The highest BCUT2D eigenvalue weighted by molar-refractivity contribution is 5.25. The minimum absolute atomic E-state index is 0.343. The van der Waals surface area contributed by atoms with Crippen LogP contribution in [-0.2, 0) is 6.54 Å². The van der Waals surface area contributed by atoms with Gasteiger partial charge in [-0.2, -0.15) is 0 Å². The molecule has 0 saturated heterocycles. The molecule has 18 heavy (non-hydrogen) atoms. The summed E-state index contributed by atoms with van der Waals surface area (Å²) >= 11 is 0. The van der Waals surface area contributed by atoms with Crippen LogP contribution >= 0.6 is 0 Å². The predicted octanol–water partition coefficient (Wildman–Crippen LogP) is 3.84. The Morgan fingerprint density at radius 1 is 1.11 bits per heavy atom. The van der Waals surface area contributed by atoms with E-state index >= 15 is 0 Å². The molecular formula is C16H25NO. The molecule has 1 atom stereocenters. The summed E-state index contributed by atoms with van der Waals surface area (Å²) in [5, 5.41) is 12.9. The molecule has 0 radical (unpaired) electrons. The van der Waals surface area contributed by atoms with E-state index in [-0.39, 0.29) is 0 Å². The molecule has 1 aliphatic carbocycles. The minimum atomic E-state index is 0.343. The number of phenols is 1. The van der Waals surface area contributed by atoms with Gasteiger partial charge in [-0.25, -0.2) is 0 Å². The van der Waals surface area contributed by atoms with E-state index in [2.05, 4.69) is 12.2 Å². The smallest absolute Gasteiger partial charge is 0.115 e. The lowest BCUT2D eigenvalue weighted by atomic mass is 9.93. The second-order valence-electron chi connectivity index (χ2n) is 5.59. The van der Waals surface area contributed by atoms with Crippen LogP contribution in [0.3, 0.4) is 0 Å². The molecule has 1 fully saturated rings. The van der Waals surface area contributed by atoms with Crippen LogP contribution in [-0.4, -0.2) is 11.1 Å². The lowest BCUT2D eigenvalue weighted by molar-refractivity contribution is 0.336. The minimum Gasteiger partial charge on any atom is -0.508 e. The number of phenolic OH excluding ortho intramolecular Hbond substituents is 1. The first-order chi connectivity index (χ1) is 8.75. The molecule has 0 aromatic heterocycles. The molecule has 2 nitrogen and oxygen atoms in total. The Morgan fingerprint density at radius 3 is 2.33 bits per heavy atom. The van der Waals surface area contributed by atoms with Crippen molar-refractivity contribution in [3.8, 4) is 5.75 Å². The van der Waals surface area contributed by atoms with Gasteiger partial charge >= 0.3 is 0 Å². The lowest BCUT2D eigenvalue weighted by Gasteiger charge is -2.23. The van der Waals surface area contributed by atoms with Gasteiger partial charge < -0.3 is 10.4 Å². The molecular weight excluding hydrogens is 222 g/mol. The number of nitrogens with one attached hydrogen (secondary N) is 1. The molecule has 2 rings (SSSR count). The van der Waals surface area contributed by atoms with Gasteiger partial charge in [-0.05, 0) is 43.4 Å². The van der Waals surface area contributed by atoms with Crippen molar-refractivity contribution < 1.29 is 5.11 Å². The summed E-state index contributed by atoms with van der Waals surface area (Å²) in [7, 11) is 0. The van der Waals surface area contributed by atoms with Crippen molar-refractivity contribution in [3.63, 3.8) is 0 Å². The maximum Gasteiger partial charge on any atom is 0.115 e. The standard InChI is InChI=1S/C16H25NO/c1-13(15-6-4-2-3-5-7-15)17-12-14-8-10-16(18)11-9-14/h8-11,13,15,17-18H,2-7,12H2,1H3/t13-/m1/s1. The Balaban J connectivity index is 1.79. The molecule has 0 heterocycles. The van der Waals surface area contributed by atoms with E-state index in [4.69, 9.17) is 0 Å². The first kappa shape index (κ1) is 13.4. The quantitative estimate of drug-likeness (QED) is 0.792. The Morgan fingerprint density at radius 2 is 1.72 bits per heavy atom. The molecule has 1 aromatic rings. The van der Waals surface area contributed by atoms with Crippen molar-refractivity contribution in [2.45, 2.75) is 58.0 Å². The van der Waals surface area contributed by atoms with Gasteiger partial charge in [0, 0.05) is 12.6 Å². The van der Waals surface area contributed by atoms with E-state index in [1.807, 2.05) is 12.1 Å². The average Bonchev–Trinajstić information content (AvgIpc) is 2.66. The van der Waals surface area contributed by atoms with Gasteiger partial charge in [0.05, 0.1) is 0 Å². The third kappa shape index (κ3) is 4.02. The molecule has 0 bridgehead atoms. The third-order valence-electron chi connectivity index (χ3n) is 4.17. The summed E-state index contributed by atoms with van der Waals surface area (Å²) in [6.45, 7) is 3.22. The fourth-order valence-electron chi connectivity index (χ4n) is 2.87. The fraction of sp³-hybridized carbons (Fsp3) is 0.625. The van der Waals surface area contributed by atoms with E-state index in [9.17, 15) is 5.11 Å². The molecule has 0 aliphatic heterocycles. The highest BCUT2D eigenvalue weighted by Gasteiger charge is 2.18. The van der Waals surface area contributed by atoms with Crippen molar-refractivity contribution in [1.29, 1.82) is 0 Å². The monoisotopic (exact) mass is 247 g/mol. The molecule has 100 valence electrons. The number of hydrogen-bond acceptors (Lipinski definition) is 2. The highest BCUT2D eigenvalue weighted by Crippen LogP contribution is 2.25. The van der Waals surface area contributed by atoms with Gasteiger partial charge in [-0.15, -0.1) is 0 Å². The summed E-state index contributed by atoms with van der Waals surface area (Å²) in [6.07, 6.45) is 8.39. The molecule has 0 unspecified atom stereocenters. The zero-order valence-corrected chi connectivity index (χ0v) is 11.4. The first-order valence-corrected chi connectivity index (χ1v) is 7.27. The summed E-state index contributed by atoms with van der Waals surface area (Å²) in [4.78, 5) is 0. The SMILES string of the molecule is C[C@@H](NCc1ccc(O)cc1)C1CCCCCC1. The van der Waals surface area contributed by atoms with Gasteiger partial charge in [0.1, 0.15) is 5.75 Å². The Labute approximate surface area is 110 Å². The van der Waals surface area contributed by atoms with Crippen molar-refractivity contribution >= 4 is 0 Å². The van der Waals surface area contributed by atoms with Crippen molar-refractivity contribution in [2.75, 3.05) is 0 Å². The molecule has 0 spiro atoms. The number of aromatic hydroxyl groups is 1. The largest absolute Gasteiger partial charge is 0.508 e. The second-order valence-corrected chi connectivity index (χ2v) is 5.59. The zero-order valence-electron chi connectivity index (χ0n) is 11.4. The molecule has 1 aromatic carbocycles. The number of benzene rings is 1.